The van der Waals surface area contributed by atoms with Crippen molar-refractivity contribution in [1.29, 1.82) is 0 Å². The Labute approximate surface area is 230 Å². The van der Waals surface area contributed by atoms with E-state index in [0.717, 1.165) is 30.6 Å². The number of fused-ring (bicyclic) bond motifs is 1. The minimum absolute atomic E-state index is 0.112. The average molecular weight is 566 g/mol. The molecule has 3 heterocycles. The number of β-lactam (4-membered cyclic amide) rings is 1. The summed E-state index contributed by atoms with van der Waals surface area (Å²) in [4.78, 5) is 47.4. The Bertz CT molecular complexity index is 1100. The minimum atomic E-state index is -0.853. The van der Waals surface area contributed by atoms with Crippen LogP contribution in [0, 0.1) is 11.8 Å². The zero-order chi connectivity index (χ0) is 27.4. The molecular formula is C26H35N3O7S2. The second-order valence-electron chi connectivity index (χ2n) is 9.75. The molecule has 4 rings (SSSR count). The van der Waals surface area contributed by atoms with Crippen molar-refractivity contribution in [3.8, 4) is 0 Å². The highest BCUT2D eigenvalue weighted by molar-refractivity contribution is 8.06. The molecule has 38 heavy (non-hydrogen) atoms. The molecule has 0 bridgehead atoms. The maximum Gasteiger partial charge on any atom is 0.412 e. The molecule has 2 amide bonds. The van der Waals surface area contributed by atoms with Gasteiger partial charge in [0.1, 0.15) is 5.70 Å². The van der Waals surface area contributed by atoms with E-state index in [1.54, 1.807) is 28.8 Å². The Morgan fingerprint density at radius 1 is 1.32 bits per heavy atom. The molecule has 1 saturated heterocycles. The lowest BCUT2D eigenvalue weighted by molar-refractivity contribution is -0.166. The number of amides is 2. The number of hydrogen-bond acceptors (Lipinski definition) is 10. The summed E-state index contributed by atoms with van der Waals surface area (Å²) < 4.78 is 10.6. The van der Waals surface area contributed by atoms with E-state index in [4.69, 9.17) is 9.47 Å². The molecule has 2 fully saturated rings. The van der Waals surface area contributed by atoms with E-state index in [-0.39, 0.29) is 36.2 Å². The molecule has 1 saturated carbocycles. The predicted octanol–water partition coefficient (Wildman–Crippen LogP) is 3.70. The second kappa shape index (κ2) is 12.6. The van der Waals surface area contributed by atoms with Gasteiger partial charge < -0.3 is 29.5 Å². The van der Waals surface area contributed by atoms with Crippen LogP contribution in [0.2, 0.25) is 0 Å². The standard InChI is InChI=1S/C26H35N3O7S2/c1-4-28(17-8-6-5-7-9-17)26(34)36-14-35-25(33)22-23(37-11-10-19-18(12-30)27-13-38-19)15(2)21-20(16(3)31)24(32)29(21)22/h10-11,13,15-17,20-21,30-31H,4-9,12,14H2,1-3H3/b11-10-/t15-,16-,20-,21-/m1/s1. The average Bonchev–Trinajstić information content (AvgIpc) is 3.45. The lowest BCUT2D eigenvalue weighted by atomic mass is 9.79. The van der Waals surface area contributed by atoms with E-state index in [0.29, 0.717) is 17.1 Å². The SMILES string of the molecule is CCN(C(=O)OCOC(=O)C1=C(S/C=C\c2scnc2CO)[C@H](C)[C@@H]2[C@@H]([C@@H](C)O)C(=O)N12)C1CCCCC1. The van der Waals surface area contributed by atoms with Gasteiger partial charge in [-0.05, 0) is 38.2 Å². The van der Waals surface area contributed by atoms with Crippen LogP contribution in [0.3, 0.4) is 0 Å². The Morgan fingerprint density at radius 3 is 2.71 bits per heavy atom. The van der Waals surface area contributed by atoms with Crippen LogP contribution in [0.1, 0.15) is 63.4 Å². The van der Waals surface area contributed by atoms with Crippen LogP contribution in [0.15, 0.2) is 21.5 Å². The van der Waals surface area contributed by atoms with E-state index in [1.807, 2.05) is 13.8 Å². The number of thiazole rings is 1. The van der Waals surface area contributed by atoms with Gasteiger partial charge in [-0.1, -0.05) is 37.9 Å². The van der Waals surface area contributed by atoms with Gasteiger partial charge in [0.25, 0.3) is 0 Å². The molecule has 3 aliphatic rings. The van der Waals surface area contributed by atoms with E-state index in [9.17, 15) is 24.6 Å². The van der Waals surface area contributed by atoms with Crippen LogP contribution in [0.4, 0.5) is 4.79 Å². The molecule has 1 aromatic heterocycles. The highest BCUT2D eigenvalue weighted by Crippen LogP contribution is 2.51. The van der Waals surface area contributed by atoms with Gasteiger partial charge in [-0.2, -0.15) is 0 Å². The van der Waals surface area contributed by atoms with Crippen molar-refractivity contribution >= 4 is 47.1 Å². The first-order valence-corrected chi connectivity index (χ1v) is 14.8. The fraction of sp³-hybridized carbons (Fsp3) is 0.615. The maximum absolute atomic E-state index is 13.2. The van der Waals surface area contributed by atoms with Crippen LogP contribution < -0.4 is 0 Å². The third-order valence-electron chi connectivity index (χ3n) is 7.50. The van der Waals surface area contributed by atoms with Gasteiger partial charge >= 0.3 is 12.1 Å². The van der Waals surface area contributed by atoms with Gasteiger partial charge in [0, 0.05) is 23.4 Å². The van der Waals surface area contributed by atoms with Crippen LogP contribution >= 0.6 is 23.1 Å². The summed E-state index contributed by atoms with van der Waals surface area (Å²) in [6.45, 7) is 5.15. The minimum Gasteiger partial charge on any atom is -0.423 e. The molecule has 1 aliphatic carbocycles. The molecule has 208 valence electrons. The molecule has 0 radical (unpaired) electrons. The third kappa shape index (κ3) is 5.63. The Balaban J connectivity index is 1.46. The highest BCUT2D eigenvalue weighted by atomic mass is 32.2. The molecule has 0 unspecified atom stereocenters. The molecule has 4 atom stereocenters. The zero-order valence-electron chi connectivity index (χ0n) is 21.9. The molecule has 1 aromatic rings. The number of hydrogen-bond donors (Lipinski definition) is 2. The topological polar surface area (TPSA) is 130 Å². The first-order chi connectivity index (χ1) is 18.3. The van der Waals surface area contributed by atoms with Crippen molar-refractivity contribution in [3.63, 3.8) is 0 Å². The van der Waals surface area contributed by atoms with E-state index < -0.39 is 30.9 Å². The van der Waals surface area contributed by atoms with Gasteiger partial charge in [0.15, 0.2) is 0 Å². The third-order valence-corrected chi connectivity index (χ3v) is 9.43. The summed E-state index contributed by atoms with van der Waals surface area (Å²) in [5.74, 6) is -1.91. The largest absolute Gasteiger partial charge is 0.423 e. The maximum atomic E-state index is 13.2. The van der Waals surface area contributed by atoms with Crippen LogP contribution in [0.25, 0.3) is 6.08 Å². The van der Waals surface area contributed by atoms with Crippen LogP contribution in [0.5, 0.6) is 0 Å². The first kappa shape index (κ1) is 28.6. The summed E-state index contributed by atoms with van der Waals surface area (Å²) in [6.07, 6.45) is 5.62. The molecule has 10 nitrogen and oxygen atoms in total. The Morgan fingerprint density at radius 2 is 2.05 bits per heavy atom. The number of esters is 1. The number of aliphatic hydroxyl groups excluding tert-OH is 2. The number of aliphatic hydroxyl groups is 2. The summed E-state index contributed by atoms with van der Waals surface area (Å²) in [5, 5.41) is 21.4. The van der Waals surface area contributed by atoms with Crippen molar-refractivity contribution in [2.45, 2.75) is 77.7 Å². The van der Waals surface area contributed by atoms with Crippen molar-refractivity contribution in [2.75, 3.05) is 13.3 Å². The summed E-state index contributed by atoms with van der Waals surface area (Å²) >= 11 is 2.66. The van der Waals surface area contributed by atoms with E-state index in [1.165, 1.54) is 34.4 Å². The van der Waals surface area contributed by atoms with E-state index in [2.05, 4.69) is 4.98 Å². The number of nitrogens with zero attached hydrogens (tertiary/aromatic N) is 3. The smallest absolute Gasteiger partial charge is 0.412 e. The monoisotopic (exact) mass is 565 g/mol. The van der Waals surface area contributed by atoms with Crippen molar-refractivity contribution in [1.82, 2.24) is 14.8 Å². The van der Waals surface area contributed by atoms with Gasteiger partial charge in [-0.15, -0.1) is 11.3 Å². The molecule has 0 spiro atoms. The lowest BCUT2D eigenvalue weighted by Gasteiger charge is -2.46. The summed E-state index contributed by atoms with van der Waals surface area (Å²) in [5.41, 5.74) is 2.31. The van der Waals surface area contributed by atoms with Gasteiger partial charge in [-0.25, -0.2) is 14.6 Å². The van der Waals surface area contributed by atoms with Crippen LogP contribution in [-0.4, -0.2) is 74.5 Å². The Kier molecular flexibility index (Phi) is 9.50. The quantitative estimate of drug-likeness (QED) is 0.248. The van der Waals surface area contributed by atoms with Crippen molar-refractivity contribution < 1.29 is 34.1 Å². The first-order valence-electron chi connectivity index (χ1n) is 13.0. The molecule has 0 aromatic carbocycles. The van der Waals surface area contributed by atoms with Gasteiger partial charge in [-0.3, -0.25) is 4.79 Å². The number of rotatable bonds is 10. The van der Waals surface area contributed by atoms with Crippen molar-refractivity contribution in [2.24, 2.45) is 11.8 Å². The number of carbonyl (C=O) groups excluding carboxylic acids is 3. The number of carbonyl (C=O) groups is 3. The number of aromatic nitrogens is 1. The normalized spacial score (nSPS) is 24.4. The van der Waals surface area contributed by atoms with Gasteiger partial charge in [0.05, 0.1) is 40.8 Å². The number of ether oxygens (including phenoxy) is 2. The lowest BCUT2D eigenvalue weighted by Crippen LogP contribution is -2.63. The highest BCUT2D eigenvalue weighted by Gasteiger charge is 2.60. The molecule has 2 aliphatic heterocycles. The Hall–Kier alpha value is -2.41. The van der Waals surface area contributed by atoms with Crippen LogP contribution in [-0.2, 0) is 25.7 Å². The zero-order valence-corrected chi connectivity index (χ0v) is 23.5. The summed E-state index contributed by atoms with van der Waals surface area (Å²) in [6, 6.07) is -0.228. The molecular weight excluding hydrogens is 530 g/mol. The van der Waals surface area contributed by atoms with Crippen molar-refractivity contribution in [3.05, 3.63) is 32.1 Å². The molecule has 12 heteroatoms. The fourth-order valence-electron chi connectivity index (χ4n) is 5.58. The predicted molar refractivity (Wildman–Crippen MR) is 143 cm³/mol. The van der Waals surface area contributed by atoms with Gasteiger partial charge in [0.2, 0.25) is 12.7 Å². The second-order valence-corrected chi connectivity index (χ2v) is 11.6. The number of thioether (sulfide) groups is 1. The van der Waals surface area contributed by atoms with E-state index >= 15 is 0 Å². The summed E-state index contributed by atoms with van der Waals surface area (Å²) in [7, 11) is 0. The fourth-order valence-corrected chi connectivity index (χ4v) is 7.36. The molecule has 2 N–H and O–H groups in total.